The molecule has 482 valence electrons. The molecule has 0 saturated heterocycles. The third kappa shape index (κ3) is 67.0. The van der Waals surface area contributed by atoms with E-state index in [4.69, 9.17) is 4.74 Å². The molecule has 0 aromatic heterocycles. The van der Waals surface area contributed by atoms with Gasteiger partial charge in [0.05, 0.1) is 25.4 Å². The Morgan fingerprint density at radius 2 is 0.610 bits per heavy atom. The Hall–Kier alpha value is -2.18. The van der Waals surface area contributed by atoms with Gasteiger partial charge in [0.15, 0.2) is 0 Å². The van der Waals surface area contributed by atoms with Gasteiger partial charge in [-0.25, -0.2) is 0 Å². The summed E-state index contributed by atoms with van der Waals surface area (Å²) in [7, 11) is 0. The largest absolute Gasteiger partial charge is 0.466 e. The molecule has 0 aromatic rings. The van der Waals surface area contributed by atoms with E-state index in [0.29, 0.717) is 19.4 Å². The molecule has 3 N–H and O–H groups in total. The summed E-state index contributed by atoms with van der Waals surface area (Å²) < 4.78 is 5.51. The first kappa shape index (κ1) is 79.8. The number of allylic oxidation sites excluding steroid dienone is 7. The minimum Gasteiger partial charge on any atom is -0.466 e. The van der Waals surface area contributed by atoms with E-state index in [1.54, 1.807) is 6.08 Å². The Morgan fingerprint density at radius 1 is 0.341 bits per heavy atom. The number of carbonyl (C=O) groups excluding carboxylic acids is 2. The highest BCUT2D eigenvalue weighted by Crippen LogP contribution is 2.18. The fraction of sp³-hybridized carbons (Fsp3) is 0.868. The van der Waals surface area contributed by atoms with Gasteiger partial charge in [-0.15, -0.1) is 0 Å². The average Bonchev–Trinajstić information content (AvgIpc) is 3.48. The predicted molar refractivity (Wildman–Crippen MR) is 361 cm³/mol. The van der Waals surface area contributed by atoms with Gasteiger partial charge >= 0.3 is 5.97 Å². The standard InChI is InChI=1S/C76H143NO5/c1-3-5-7-9-11-13-15-17-18-19-35-39-42-46-50-54-58-62-66-70-76(81)82-71-67-63-59-55-51-47-43-40-37-34-32-30-28-26-24-22-20-21-23-25-27-29-31-33-36-38-41-45-49-53-57-61-65-69-75(80)77-73(72-78)74(79)68-64-60-56-52-48-44-16-14-12-10-8-6-4-2/h17-18,24,26,30,32,64,68,73-74,78-79H,3-16,19-23,25,27-29,31,33-63,65-67,69-72H2,1-2H3,(H,77,80)/b18-17-,26-24-,32-30-,68-64+. The molecule has 2 atom stereocenters. The van der Waals surface area contributed by atoms with E-state index < -0.39 is 12.1 Å². The number of nitrogens with one attached hydrogen (secondary N) is 1. The number of unbranched alkanes of at least 4 members (excludes halogenated alkanes) is 52. The Bertz CT molecular complexity index is 1370. The van der Waals surface area contributed by atoms with Crippen LogP contribution in [0.4, 0.5) is 0 Å². The van der Waals surface area contributed by atoms with E-state index in [9.17, 15) is 19.8 Å². The molecule has 0 aliphatic heterocycles. The lowest BCUT2D eigenvalue weighted by atomic mass is 10.0. The van der Waals surface area contributed by atoms with Crippen molar-refractivity contribution in [1.29, 1.82) is 0 Å². The molecule has 0 rings (SSSR count). The third-order valence-corrected chi connectivity index (χ3v) is 17.1. The molecule has 0 saturated carbocycles. The highest BCUT2D eigenvalue weighted by atomic mass is 16.5. The molecule has 0 aliphatic carbocycles. The first-order chi connectivity index (χ1) is 40.5. The number of rotatable bonds is 69. The maximum atomic E-state index is 12.5. The Kier molecular flexibility index (Phi) is 69.4. The number of carbonyl (C=O) groups is 2. The summed E-state index contributed by atoms with van der Waals surface area (Å²) in [4.78, 5) is 24.6. The van der Waals surface area contributed by atoms with E-state index in [1.807, 2.05) is 6.08 Å². The molecule has 0 fully saturated rings. The first-order valence-corrected chi connectivity index (χ1v) is 36.9. The van der Waals surface area contributed by atoms with Gasteiger partial charge in [0.2, 0.25) is 5.91 Å². The van der Waals surface area contributed by atoms with E-state index in [1.165, 1.54) is 321 Å². The molecule has 0 aliphatic rings. The fourth-order valence-electron chi connectivity index (χ4n) is 11.4. The van der Waals surface area contributed by atoms with Crippen molar-refractivity contribution in [3.63, 3.8) is 0 Å². The van der Waals surface area contributed by atoms with Gasteiger partial charge in [0, 0.05) is 12.8 Å². The number of aliphatic hydroxyl groups is 2. The number of amides is 1. The van der Waals surface area contributed by atoms with Crippen LogP contribution in [-0.2, 0) is 14.3 Å². The van der Waals surface area contributed by atoms with Crippen molar-refractivity contribution in [3.8, 4) is 0 Å². The van der Waals surface area contributed by atoms with Gasteiger partial charge in [-0.2, -0.15) is 0 Å². The average molecular weight is 1150 g/mol. The molecule has 2 unspecified atom stereocenters. The first-order valence-electron chi connectivity index (χ1n) is 36.9. The van der Waals surface area contributed by atoms with Crippen LogP contribution in [0, 0.1) is 0 Å². The zero-order valence-corrected chi connectivity index (χ0v) is 55.2. The quantitative estimate of drug-likeness (QED) is 0.0320. The van der Waals surface area contributed by atoms with E-state index >= 15 is 0 Å². The van der Waals surface area contributed by atoms with Crippen molar-refractivity contribution in [2.45, 2.75) is 411 Å². The fourth-order valence-corrected chi connectivity index (χ4v) is 11.4. The second-order valence-corrected chi connectivity index (χ2v) is 25.3. The molecule has 1 amide bonds. The number of aliphatic hydroxyl groups excluding tert-OH is 2. The molecule has 0 spiro atoms. The Balaban J connectivity index is 3.37. The molecular weight excluding hydrogens is 1010 g/mol. The van der Waals surface area contributed by atoms with Crippen LogP contribution in [-0.4, -0.2) is 47.4 Å². The minimum atomic E-state index is -0.843. The van der Waals surface area contributed by atoms with Gasteiger partial charge in [0.1, 0.15) is 0 Å². The normalized spacial score (nSPS) is 12.8. The monoisotopic (exact) mass is 1150 g/mol. The molecule has 0 bridgehead atoms. The predicted octanol–water partition coefficient (Wildman–Crippen LogP) is 24.0. The SMILES string of the molecule is CCCCCCCC/C=C\CCCCCCCCCCCC(=O)OCCCCCCCCCCC/C=C\C/C=C\CCCCCCCCCCCCCCCCCCCC(=O)NC(CO)C(O)/C=C/CCCCCCCCCCCCC. The van der Waals surface area contributed by atoms with Crippen molar-refractivity contribution in [2.75, 3.05) is 13.2 Å². The summed E-state index contributed by atoms with van der Waals surface area (Å²) in [5.41, 5.74) is 0. The molecule has 0 heterocycles. The highest BCUT2D eigenvalue weighted by Gasteiger charge is 2.18. The summed E-state index contributed by atoms with van der Waals surface area (Å²) >= 11 is 0. The van der Waals surface area contributed by atoms with E-state index in [0.717, 1.165) is 51.4 Å². The van der Waals surface area contributed by atoms with Gasteiger partial charge in [-0.05, 0) is 89.9 Å². The third-order valence-electron chi connectivity index (χ3n) is 17.1. The maximum absolute atomic E-state index is 12.5. The van der Waals surface area contributed by atoms with Crippen LogP contribution in [0.25, 0.3) is 0 Å². The molecule has 82 heavy (non-hydrogen) atoms. The van der Waals surface area contributed by atoms with Crippen LogP contribution in [0.1, 0.15) is 399 Å². The van der Waals surface area contributed by atoms with Gasteiger partial charge in [-0.3, -0.25) is 9.59 Å². The smallest absolute Gasteiger partial charge is 0.305 e. The zero-order chi connectivity index (χ0) is 59.2. The number of esters is 1. The molecule has 0 radical (unpaired) electrons. The molecule has 6 nitrogen and oxygen atoms in total. The molecular formula is C76H143NO5. The van der Waals surface area contributed by atoms with E-state index in [2.05, 4.69) is 55.6 Å². The number of ether oxygens (including phenoxy) is 1. The molecule has 6 heteroatoms. The lowest BCUT2D eigenvalue weighted by Crippen LogP contribution is -2.45. The minimum absolute atomic E-state index is 0.0138. The van der Waals surface area contributed by atoms with Gasteiger partial charge in [-0.1, -0.05) is 345 Å². The van der Waals surface area contributed by atoms with Crippen LogP contribution in [0.5, 0.6) is 0 Å². The lowest BCUT2D eigenvalue weighted by Gasteiger charge is -2.20. The van der Waals surface area contributed by atoms with Crippen molar-refractivity contribution in [1.82, 2.24) is 5.32 Å². The summed E-state index contributed by atoms with van der Waals surface area (Å²) in [5, 5.41) is 23.1. The zero-order valence-electron chi connectivity index (χ0n) is 55.2. The number of hydrogen-bond donors (Lipinski definition) is 3. The van der Waals surface area contributed by atoms with E-state index in [-0.39, 0.29) is 18.5 Å². The van der Waals surface area contributed by atoms with Gasteiger partial charge < -0.3 is 20.3 Å². The summed E-state index contributed by atoms with van der Waals surface area (Å²) in [5.74, 6) is -0.0513. The summed E-state index contributed by atoms with van der Waals surface area (Å²) in [6, 6.07) is -0.626. The topological polar surface area (TPSA) is 95.9 Å². The van der Waals surface area contributed by atoms with Crippen LogP contribution in [0.3, 0.4) is 0 Å². The van der Waals surface area contributed by atoms with Gasteiger partial charge in [0.25, 0.3) is 0 Å². The second kappa shape index (κ2) is 71.3. The van der Waals surface area contributed by atoms with Crippen LogP contribution < -0.4 is 5.32 Å². The van der Waals surface area contributed by atoms with Crippen LogP contribution in [0.15, 0.2) is 48.6 Å². The molecule has 0 aromatic carbocycles. The summed E-state index contributed by atoms with van der Waals surface area (Å²) in [6.07, 6.45) is 93.5. The highest BCUT2D eigenvalue weighted by molar-refractivity contribution is 5.76. The maximum Gasteiger partial charge on any atom is 0.305 e. The Morgan fingerprint density at radius 3 is 0.939 bits per heavy atom. The van der Waals surface area contributed by atoms with Crippen molar-refractivity contribution in [2.24, 2.45) is 0 Å². The van der Waals surface area contributed by atoms with Crippen LogP contribution >= 0.6 is 0 Å². The number of hydrogen-bond acceptors (Lipinski definition) is 5. The summed E-state index contributed by atoms with van der Waals surface area (Å²) in [6.45, 7) is 4.92. The van der Waals surface area contributed by atoms with Crippen molar-refractivity contribution in [3.05, 3.63) is 48.6 Å². The Labute approximate surface area is 512 Å². The van der Waals surface area contributed by atoms with Crippen LogP contribution in [0.2, 0.25) is 0 Å². The second-order valence-electron chi connectivity index (χ2n) is 25.3. The lowest BCUT2D eigenvalue weighted by molar-refractivity contribution is -0.143. The van der Waals surface area contributed by atoms with Crippen molar-refractivity contribution < 1.29 is 24.5 Å². The van der Waals surface area contributed by atoms with Crippen molar-refractivity contribution >= 4 is 11.9 Å².